The van der Waals surface area contributed by atoms with Crippen LogP contribution in [-0.2, 0) is 4.74 Å². The summed E-state index contributed by atoms with van der Waals surface area (Å²) in [6, 6.07) is 11.8. The van der Waals surface area contributed by atoms with Crippen LogP contribution in [0.15, 0.2) is 36.4 Å². The maximum absolute atomic E-state index is 11.2. The highest BCUT2D eigenvalue weighted by atomic mass is 16.5. The van der Waals surface area contributed by atoms with Gasteiger partial charge in [0.05, 0.1) is 24.5 Å². The van der Waals surface area contributed by atoms with E-state index >= 15 is 0 Å². The highest BCUT2D eigenvalue weighted by molar-refractivity contribution is 5.89. The minimum atomic E-state index is -0.931. The third-order valence-electron chi connectivity index (χ3n) is 4.48. The molecule has 2 aromatic rings. The van der Waals surface area contributed by atoms with Gasteiger partial charge in [-0.2, -0.15) is 0 Å². The maximum atomic E-state index is 11.2. The van der Waals surface area contributed by atoms with E-state index in [-0.39, 0.29) is 5.56 Å². The van der Waals surface area contributed by atoms with Crippen molar-refractivity contribution in [2.24, 2.45) is 0 Å². The number of carboxylic acids is 1. The number of rotatable bonds is 4. The van der Waals surface area contributed by atoms with Crippen molar-refractivity contribution in [1.29, 1.82) is 0 Å². The summed E-state index contributed by atoms with van der Waals surface area (Å²) in [6.07, 6.45) is 0. The van der Waals surface area contributed by atoms with Gasteiger partial charge in [0.1, 0.15) is 0 Å². The third kappa shape index (κ3) is 3.63. The van der Waals surface area contributed by atoms with E-state index < -0.39 is 5.97 Å². The Morgan fingerprint density at radius 3 is 2.50 bits per heavy atom. The Kier molecular flexibility index (Phi) is 4.92. The van der Waals surface area contributed by atoms with Crippen LogP contribution < -0.4 is 0 Å². The summed E-state index contributed by atoms with van der Waals surface area (Å²) in [5.74, 6) is -0.931. The van der Waals surface area contributed by atoms with E-state index in [1.54, 1.807) is 12.1 Å². The minimum absolute atomic E-state index is 0.267. The molecule has 0 radical (unpaired) electrons. The Morgan fingerprint density at radius 1 is 1.21 bits per heavy atom. The molecule has 1 N–H and O–H groups in total. The average Bonchev–Trinajstić information content (AvgIpc) is 2.61. The Morgan fingerprint density at radius 2 is 1.88 bits per heavy atom. The number of hydrogen-bond donors (Lipinski definition) is 1. The molecular formula is C19H22N2O3. The van der Waals surface area contributed by atoms with Crippen LogP contribution in [0.3, 0.4) is 0 Å². The summed E-state index contributed by atoms with van der Waals surface area (Å²) >= 11 is 0. The zero-order chi connectivity index (χ0) is 17.1. The number of carboxylic acid groups (broad SMARTS) is 1. The standard InChI is InChI=1S/C19H22N2O3/c1-13-11-17(19(22)23)12-18(20-13)16-5-3-15(4-6-16)14(2)21-7-9-24-10-8-21/h3-6,11-12,14H,7-10H2,1-2H3,(H,22,23)/t14-/m1/s1. The molecule has 0 saturated carbocycles. The Balaban J connectivity index is 1.83. The van der Waals surface area contributed by atoms with Crippen LogP contribution in [0.5, 0.6) is 0 Å². The van der Waals surface area contributed by atoms with Crippen LogP contribution in [0.25, 0.3) is 11.3 Å². The molecular weight excluding hydrogens is 304 g/mol. The number of benzene rings is 1. The minimum Gasteiger partial charge on any atom is -0.478 e. The molecule has 126 valence electrons. The van der Waals surface area contributed by atoms with Crippen molar-refractivity contribution < 1.29 is 14.6 Å². The SMILES string of the molecule is Cc1cc(C(=O)O)cc(-c2ccc([C@@H](C)N3CCOCC3)cc2)n1. The number of ether oxygens (including phenoxy) is 1. The van der Waals surface area contributed by atoms with Crippen LogP contribution >= 0.6 is 0 Å². The van der Waals surface area contributed by atoms with Gasteiger partial charge in [0.2, 0.25) is 0 Å². The smallest absolute Gasteiger partial charge is 0.335 e. The normalized spacial score (nSPS) is 16.8. The number of carbonyl (C=O) groups is 1. The van der Waals surface area contributed by atoms with Crippen LogP contribution in [0.4, 0.5) is 0 Å². The van der Waals surface area contributed by atoms with Crippen molar-refractivity contribution in [3.8, 4) is 11.3 Å². The largest absolute Gasteiger partial charge is 0.478 e. The van der Waals surface area contributed by atoms with Gasteiger partial charge in [-0.25, -0.2) is 4.79 Å². The lowest BCUT2D eigenvalue weighted by Gasteiger charge is -2.32. The first-order chi connectivity index (χ1) is 11.5. The second-order valence-corrected chi connectivity index (χ2v) is 6.13. The molecule has 1 aromatic heterocycles. The molecule has 0 aliphatic carbocycles. The first kappa shape index (κ1) is 16.6. The lowest BCUT2D eigenvalue weighted by molar-refractivity contribution is 0.0198. The molecule has 0 bridgehead atoms. The van der Waals surface area contributed by atoms with Crippen LogP contribution in [0.1, 0.15) is 34.6 Å². The zero-order valence-corrected chi connectivity index (χ0v) is 14.0. The first-order valence-electron chi connectivity index (χ1n) is 8.19. The van der Waals surface area contributed by atoms with Gasteiger partial charge in [0, 0.05) is 30.4 Å². The van der Waals surface area contributed by atoms with E-state index in [0.29, 0.717) is 17.4 Å². The summed E-state index contributed by atoms with van der Waals surface area (Å²) in [7, 11) is 0. The fourth-order valence-electron chi connectivity index (χ4n) is 3.05. The summed E-state index contributed by atoms with van der Waals surface area (Å²) in [5, 5.41) is 9.20. The highest BCUT2D eigenvalue weighted by Crippen LogP contribution is 2.25. The van der Waals surface area contributed by atoms with Crippen molar-refractivity contribution in [2.45, 2.75) is 19.9 Å². The summed E-state index contributed by atoms with van der Waals surface area (Å²) < 4.78 is 5.41. The van der Waals surface area contributed by atoms with Crippen molar-refractivity contribution in [3.05, 3.63) is 53.2 Å². The second kappa shape index (κ2) is 7.11. The van der Waals surface area contributed by atoms with Crippen LogP contribution in [0, 0.1) is 6.92 Å². The fraction of sp³-hybridized carbons (Fsp3) is 0.368. The molecule has 1 saturated heterocycles. The fourth-order valence-corrected chi connectivity index (χ4v) is 3.05. The molecule has 0 unspecified atom stereocenters. The molecule has 1 aliphatic heterocycles. The van der Waals surface area contributed by atoms with Gasteiger partial charge >= 0.3 is 5.97 Å². The molecule has 1 atom stereocenters. The number of aromatic nitrogens is 1. The molecule has 0 amide bonds. The number of hydrogen-bond acceptors (Lipinski definition) is 4. The topological polar surface area (TPSA) is 62.7 Å². The summed E-state index contributed by atoms with van der Waals surface area (Å²) in [4.78, 5) is 18.1. The predicted octanol–water partition coefficient (Wildman–Crippen LogP) is 3.15. The average molecular weight is 326 g/mol. The van der Waals surface area contributed by atoms with Crippen molar-refractivity contribution in [2.75, 3.05) is 26.3 Å². The molecule has 1 aromatic carbocycles. The second-order valence-electron chi connectivity index (χ2n) is 6.13. The van der Waals surface area contributed by atoms with E-state index in [0.717, 1.165) is 31.9 Å². The summed E-state index contributed by atoms with van der Waals surface area (Å²) in [5.41, 5.74) is 3.84. The number of nitrogens with zero attached hydrogens (tertiary/aromatic N) is 2. The van der Waals surface area contributed by atoms with Gasteiger partial charge in [-0.3, -0.25) is 9.88 Å². The predicted molar refractivity (Wildman–Crippen MR) is 92.2 cm³/mol. The highest BCUT2D eigenvalue weighted by Gasteiger charge is 2.18. The molecule has 5 nitrogen and oxygen atoms in total. The summed E-state index contributed by atoms with van der Waals surface area (Å²) in [6.45, 7) is 7.48. The van der Waals surface area contributed by atoms with Gasteiger partial charge < -0.3 is 9.84 Å². The van der Waals surface area contributed by atoms with Crippen molar-refractivity contribution in [1.82, 2.24) is 9.88 Å². The van der Waals surface area contributed by atoms with Crippen molar-refractivity contribution in [3.63, 3.8) is 0 Å². The third-order valence-corrected chi connectivity index (χ3v) is 4.48. The number of aromatic carboxylic acids is 1. The van der Waals surface area contributed by atoms with E-state index in [9.17, 15) is 9.90 Å². The van der Waals surface area contributed by atoms with E-state index in [4.69, 9.17) is 4.74 Å². The lowest BCUT2D eigenvalue weighted by Crippen LogP contribution is -2.37. The molecule has 5 heteroatoms. The molecule has 2 heterocycles. The quantitative estimate of drug-likeness (QED) is 0.935. The van der Waals surface area contributed by atoms with E-state index in [1.165, 1.54) is 5.56 Å². The van der Waals surface area contributed by atoms with Gasteiger partial charge in [-0.15, -0.1) is 0 Å². The lowest BCUT2D eigenvalue weighted by atomic mass is 10.0. The van der Waals surface area contributed by atoms with Crippen LogP contribution in [0.2, 0.25) is 0 Å². The van der Waals surface area contributed by atoms with E-state index in [2.05, 4.69) is 28.9 Å². The van der Waals surface area contributed by atoms with Crippen LogP contribution in [-0.4, -0.2) is 47.3 Å². The number of morpholine rings is 1. The first-order valence-corrected chi connectivity index (χ1v) is 8.19. The van der Waals surface area contributed by atoms with Crippen molar-refractivity contribution >= 4 is 5.97 Å². The maximum Gasteiger partial charge on any atom is 0.335 e. The molecule has 1 aliphatic rings. The Hall–Kier alpha value is -2.24. The molecule has 3 rings (SSSR count). The van der Waals surface area contributed by atoms with E-state index in [1.807, 2.05) is 19.1 Å². The molecule has 1 fully saturated rings. The number of aryl methyl sites for hydroxylation is 1. The molecule has 0 spiro atoms. The van der Waals surface area contributed by atoms with Gasteiger partial charge in [0.25, 0.3) is 0 Å². The molecule has 24 heavy (non-hydrogen) atoms. The monoisotopic (exact) mass is 326 g/mol. The van der Waals surface area contributed by atoms with Gasteiger partial charge in [-0.1, -0.05) is 24.3 Å². The Labute approximate surface area is 141 Å². The number of pyridine rings is 1. The zero-order valence-electron chi connectivity index (χ0n) is 14.0. The van der Waals surface area contributed by atoms with Gasteiger partial charge in [-0.05, 0) is 31.5 Å². The van der Waals surface area contributed by atoms with Gasteiger partial charge in [0.15, 0.2) is 0 Å². The Bertz CT molecular complexity index is 722.